The maximum Gasteiger partial charge on any atom is 0.0113 e. The number of piperazine rings is 1. The Labute approximate surface area is 114 Å². The number of hydrogen-bond donors (Lipinski definition) is 0. The molecule has 0 unspecified atom stereocenters. The van der Waals surface area contributed by atoms with Gasteiger partial charge in [-0.1, -0.05) is 28.8 Å². The molecule has 2 saturated carbocycles. The first kappa shape index (κ1) is 12.4. The second kappa shape index (κ2) is 5.18. The van der Waals surface area contributed by atoms with Gasteiger partial charge in [-0.3, -0.25) is 4.90 Å². The van der Waals surface area contributed by atoms with Gasteiger partial charge in [-0.2, -0.15) is 0 Å². The fourth-order valence-electron chi connectivity index (χ4n) is 3.54. The Bertz CT molecular complexity index is 251. The van der Waals surface area contributed by atoms with E-state index in [0.717, 1.165) is 6.04 Å². The summed E-state index contributed by atoms with van der Waals surface area (Å²) in [6, 6.07) is 0.934. The van der Waals surface area contributed by atoms with Crippen molar-refractivity contribution in [3.63, 3.8) is 0 Å². The molecule has 0 aromatic carbocycles. The third-order valence-corrected chi connectivity index (χ3v) is 6.24. The van der Waals surface area contributed by atoms with Gasteiger partial charge >= 0.3 is 0 Å². The molecular formula is C14H25BrN2. The van der Waals surface area contributed by atoms with Crippen molar-refractivity contribution < 1.29 is 0 Å². The SMILES string of the molecule is BrCC1(CN2CCN(C3CCCC3)CC2)CC1. The van der Waals surface area contributed by atoms with Gasteiger partial charge < -0.3 is 4.90 Å². The Balaban J connectivity index is 1.44. The van der Waals surface area contributed by atoms with Crippen LogP contribution in [0.1, 0.15) is 38.5 Å². The minimum atomic E-state index is 0.662. The summed E-state index contributed by atoms with van der Waals surface area (Å²) < 4.78 is 0. The second-order valence-electron chi connectivity index (χ2n) is 6.38. The van der Waals surface area contributed by atoms with E-state index in [1.165, 1.54) is 76.6 Å². The van der Waals surface area contributed by atoms with E-state index < -0.39 is 0 Å². The minimum Gasteiger partial charge on any atom is -0.300 e. The van der Waals surface area contributed by atoms with E-state index in [-0.39, 0.29) is 0 Å². The number of hydrogen-bond acceptors (Lipinski definition) is 2. The summed E-state index contributed by atoms with van der Waals surface area (Å²) in [7, 11) is 0. The molecule has 2 aliphatic carbocycles. The van der Waals surface area contributed by atoms with E-state index in [1.807, 2.05) is 0 Å². The summed E-state index contributed by atoms with van der Waals surface area (Å²) in [5.74, 6) is 0. The third-order valence-electron chi connectivity index (χ3n) is 5.05. The van der Waals surface area contributed by atoms with Crippen molar-refractivity contribution in [2.75, 3.05) is 38.1 Å². The highest BCUT2D eigenvalue weighted by molar-refractivity contribution is 9.09. The molecule has 1 aliphatic heterocycles. The van der Waals surface area contributed by atoms with E-state index in [2.05, 4.69) is 25.7 Å². The zero-order valence-electron chi connectivity index (χ0n) is 10.8. The molecule has 3 rings (SSSR count). The van der Waals surface area contributed by atoms with Crippen LogP contribution in [-0.2, 0) is 0 Å². The first-order valence-corrected chi connectivity index (χ1v) is 8.46. The monoisotopic (exact) mass is 300 g/mol. The van der Waals surface area contributed by atoms with Crippen LogP contribution in [0.3, 0.4) is 0 Å². The highest BCUT2D eigenvalue weighted by Gasteiger charge is 2.43. The first-order chi connectivity index (χ1) is 8.31. The van der Waals surface area contributed by atoms with Gasteiger partial charge in [0.15, 0.2) is 0 Å². The molecule has 0 bridgehead atoms. The fraction of sp³-hybridized carbons (Fsp3) is 1.00. The summed E-state index contributed by atoms with van der Waals surface area (Å²) in [5, 5.41) is 1.21. The summed E-state index contributed by atoms with van der Waals surface area (Å²) in [6.07, 6.45) is 8.76. The molecule has 1 saturated heterocycles. The average molecular weight is 301 g/mol. The van der Waals surface area contributed by atoms with E-state index >= 15 is 0 Å². The van der Waals surface area contributed by atoms with Gasteiger partial charge in [0.2, 0.25) is 0 Å². The highest BCUT2D eigenvalue weighted by Crippen LogP contribution is 2.47. The van der Waals surface area contributed by atoms with E-state index in [0.29, 0.717) is 5.41 Å². The Morgan fingerprint density at radius 1 is 1.00 bits per heavy atom. The van der Waals surface area contributed by atoms with Crippen LogP contribution in [0.5, 0.6) is 0 Å². The molecule has 0 amide bonds. The molecule has 0 aromatic heterocycles. The topological polar surface area (TPSA) is 6.48 Å². The maximum atomic E-state index is 3.69. The molecule has 17 heavy (non-hydrogen) atoms. The van der Waals surface area contributed by atoms with Gasteiger partial charge in [0.05, 0.1) is 0 Å². The van der Waals surface area contributed by atoms with Crippen molar-refractivity contribution in [2.45, 2.75) is 44.6 Å². The summed E-state index contributed by atoms with van der Waals surface area (Å²) in [6.45, 7) is 6.61. The molecule has 0 spiro atoms. The molecule has 2 nitrogen and oxygen atoms in total. The van der Waals surface area contributed by atoms with Crippen molar-refractivity contribution in [3.8, 4) is 0 Å². The van der Waals surface area contributed by atoms with Crippen LogP contribution >= 0.6 is 15.9 Å². The maximum absolute atomic E-state index is 3.69. The largest absolute Gasteiger partial charge is 0.300 e. The minimum absolute atomic E-state index is 0.662. The zero-order valence-corrected chi connectivity index (χ0v) is 12.4. The van der Waals surface area contributed by atoms with E-state index in [9.17, 15) is 0 Å². The van der Waals surface area contributed by atoms with Gasteiger partial charge in [-0.05, 0) is 31.1 Å². The molecule has 3 fully saturated rings. The lowest BCUT2D eigenvalue weighted by atomic mass is 10.1. The second-order valence-corrected chi connectivity index (χ2v) is 6.94. The van der Waals surface area contributed by atoms with Gasteiger partial charge in [-0.15, -0.1) is 0 Å². The molecule has 98 valence electrons. The Morgan fingerprint density at radius 3 is 2.18 bits per heavy atom. The van der Waals surface area contributed by atoms with Crippen LogP contribution in [0, 0.1) is 5.41 Å². The zero-order chi connectivity index (χ0) is 11.7. The molecule has 0 radical (unpaired) electrons. The van der Waals surface area contributed by atoms with Crippen molar-refractivity contribution in [2.24, 2.45) is 5.41 Å². The summed E-state index contributed by atoms with van der Waals surface area (Å²) in [4.78, 5) is 5.47. The van der Waals surface area contributed by atoms with Gasteiger partial charge in [0, 0.05) is 44.1 Å². The fourth-order valence-corrected chi connectivity index (χ4v) is 4.28. The van der Waals surface area contributed by atoms with Gasteiger partial charge in [-0.25, -0.2) is 0 Å². The lowest BCUT2D eigenvalue weighted by molar-refractivity contribution is 0.0871. The Morgan fingerprint density at radius 2 is 1.65 bits per heavy atom. The lowest BCUT2D eigenvalue weighted by Gasteiger charge is -2.39. The van der Waals surface area contributed by atoms with Gasteiger partial charge in [0.1, 0.15) is 0 Å². The number of halogens is 1. The van der Waals surface area contributed by atoms with Crippen LogP contribution in [0.2, 0.25) is 0 Å². The predicted octanol–water partition coefficient (Wildman–Crippen LogP) is 2.72. The lowest BCUT2D eigenvalue weighted by Crippen LogP contribution is -2.51. The summed E-state index contributed by atoms with van der Waals surface area (Å²) >= 11 is 3.69. The molecule has 1 heterocycles. The quantitative estimate of drug-likeness (QED) is 0.737. The Hall–Kier alpha value is 0.400. The normalized spacial score (nSPS) is 30.9. The van der Waals surface area contributed by atoms with Gasteiger partial charge in [0.25, 0.3) is 0 Å². The van der Waals surface area contributed by atoms with Crippen molar-refractivity contribution in [1.82, 2.24) is 9.80 Å². The average Bonchev–Trinajstić information content (AvgIpc) is 2.92. The molecule has 0 N–H and O–H groups in total. The molecule has 0 aromatic rings. The molecular weight excluding hydrogens is 276 g/mol. The van der Waals surface area contributed by atoms with Crippen LogP contribution in [0.15, 0.2) is 0 Å². The standard InChI is InChI=1S/C14H25BrN2/c15-11-14(5-6-14)12-16-7-9-17(10-8-16)13-3-1-2-4-13/h13H,1-12H2. The van der Waals surface area contributed by atoms with E-state index in [1.54, 1.807) is 0 Å². The molecule has 3 heteroatoms. The first-order valence-electron chi connectivity index (χ1n) is 7.34. The van der Waals surface area contributed by atoms with Crippen LogP contribution in [0.25, 0.3) is 0 Å². The Kier molecular flexibility index (Phi) is 3.79. The van der Waals surface area contributed by atoms with Crippen molar-refractivity contribution >= 4 is 15.9 Å². The van der Waals surface area contributed by atoms with Crippen molar-refractivity contribution in [3.05, 3.63) is 0 Å². The third kappa shape index (κ3) is 2.87. The molecule has 0 atom stereocenters. The van der Waals surface area contributed by atoms with Crippen LogP contribution in [0.4, 0.5) is 0 Å². The van der Waals surface area contributed by atoms with Crippen LogP contribution in [-0.4, -0.2) is 53.9 Å². The van der Waals surface area contributed by atoms with Crippen molar-refractivity contribution in [1.29, 1.82) is 0 Å². The number of nitrogens with zero attached hydrogens (tertiary/aromatic N) is 2. The van der Waals surface area contributed by atoms with E-state index in [4.69, 9.17) is 0 Å². The summed E-state index contributed by atoms with van der Waals surface area (Å²) in [5.41, 5.74) is 0.662. The highest BCUT2D eigenvalue weighted by atomic mass is 79.9. The number of alkyl halides is 1. The smallest absolute Gasteiger partial charge is 0.0113 e. The molecule has 3 aliphatic rings. The number of rotatable bonds is 4. The van der Waals surface area contributed by atoms with Crippen LogP contribution < -0.4 is 0 Å². The predicted molar refractivity (Wildman–Crippen MR) is 75.7 cm³/mol.